The van der Waals surface area contributed by atoms with Crippen LogP contribution in [0.5, 0.6) is 0 Å². The third kappa shape index (κ3) is 4.62. The number of nitrogens with one attached hydrogen (secondary N) is 2. The van der Waals surface area contributed by atoms with E-state index in [9.17, 15) is 9.59 Å². The predicted molar refractivity (Wildman–Crippen MR) is 104 cm³/mol. The Morgan fingerprint density at radius 2 is 2.04 bits per heavy atom. The summed E-state index contributed by atoms with van der Waals surface area (Å²) in [5.74, 6) is 1.52. The van der Waals surface area contributed by atoms with Crippen molar-refractivity contribution in [3.63, 3.8) is 0 Å². The maximum absolute atomic E-state index is 12.3. The van der Waals surface area contributed by atoms with Crippen molar-refractivity contribution in [1.29, 1.82) is 0 Å². The lowest BCUT2D eigenvalue weighted by molar-refractivity contribution is -0.121. The lowest BCUT2D eigenvalue weighted by Crippen LogP contribution is -2.34. The Hall–Kier alpha value is -2.93. The normalized spacial score (nSPS) is 12.4. The molecule has 3 rings (SSSR count). The van der Waals surface area contributed by atoms with Crippen molar-refractivity contribution in [2.45, 2.75) is 25.8 Å². The molecule has 1 aromatic carbocycles. The summed E-state index contributed by atoms with van der Waals surface area (Å²) in [5, 5.41) is 2.92. The lowest BCUT2D eigenvalue weighted by atomic mass is 10.2. The largest absolute Gasteiger partial charge is 0.465 e. The van der Waals surface area contributed by atoms with Crippen LogP contribution in [0.15, 0.2) is 45.6 Å². The summed E-state index contributed by atoms with van der Waals surface area (Å²) in [4.78, 5) is 33.5. The van der Waals surface area contributed by atoms with Gasteiger partial charge in [0.05, 0.1) is 17.1 Å². The molecule has 27 heavy (non-hydrogen) atoms. The molecular formula is C20H24N4O3. The summed E-state index contributed by atoms with van der Waals surface area (Å²) < 4.78 is 5.68. The molecular weight excluding hydrogens is 344 g/mol. The van der Waals surface area contributed by atoms with Gasteiger partial charge in [-0.2, -0.15) is 0 Å². The molecule has 142 valence electrons. The second-order valence-electron chi connectivity index (χ2n) is 6.76. The van der Waals surface area contributed by atoms with Gasteiger partial charge in [0.15, 0.2) is 0 Å². The van der Waals surface area contributed by atoms with E-state index < -0.39 is 0 Å². The predicted octanol–water partition coefficient (Wildman–Crippen LogP) is 2.18. The average molecular weight is 368 g/mol. The second kappa shape index (κ2) is 8.18. The van der Waals surface area contributed by atoms with Gasteiger partial charge in [0, 0.05) is 19.4 Å². The summed E-state index contributed by atoms with van der Waals surface area (Å²) >= 11 is 0. The number of rotatable bonds is 7. The molecule has 1 amide bonds. The van der Waals surface area contributed by atoms with Crippen LogP contribution in [-0.4, -0.2) is 41.4 Å². The second-order valence-corrected chi connectivity index (χ2v) is 6.76. The first-order chi connectivity index (χ1) is 12.9. The molecule has 0 radical (unpaired) electrons. The number of amides is 1. The molecule has 0 bridgehead atoms. The molecule has 0 aliphatic rings. The monoisotopic (exact) mass is 368 g/mol. The molecule has 2 heterocycles. The van der Waals surface area contributed by atoms with Crippen LogP contribution in [0.1, 0.15) is 29.7 Å². The minimum Gasteiger partial charge on any atom is -0.465 e. The standard InChI is InChI=1S/C20H24N4O3/c1-13-8-10-18(27-13)17(24(2)3)12-21-19(25)11-9-16-20(26)23-15-7-5-4-6-14(15)22-16/h4-8,10,17H,9,11-12H2,1-3H3,(H,21,25)(H,23,26)/t17-/m0/s1. The van der Waals surface area contributed by atoms with Gasteiger partial charge in [-0.3, -0.25) is 14.5 Å². The number of para-hydroxylation sites is 2. The molecule has 0 saturated heterocycles. The number of carbonyl (C=O) groups is 1. The zero-order valence-electron chi connectivity index (χ0n) is 15.8. The number of aromatic nitrogens is 2. The highest BCUT2D eigenvalue weighted by molar-refractivity contribution is 5.76. The summed E-state index contributed by atoms with van der Waals surface area (Å²) in [7, 11) is 3.88. The molecule has 0 aliphatic heterocycles. The Morgan fingerprint density at radius 1 is 1.26 bits per heavy atom. The number of likely N-dealkylation sites (N-methyl/N-ethyl adjacent to an activating group) is 1. The third-order valence-corrected chi connectivity index (χ3v) is 4.46. The number of furan rings is 1. The first kappa shape index (κ1) is 18.8. The molecule has 2 aromatic heterocycles. The fourth-order valence-electron chi connectivity index (χ4n) is 2.94. The number of hydrogen-bond donors (Lipinski definition) is 2. The summed E-state index contributed by atoms with van der Waals surface area (Å²) in [5.41, 5.74) is 1.53. The smallest absolute Gasteiger partial charge is 0.270 e. The highest BCUT2D eigenvalue weighted by Crippen LogP contribution is 2.19. The van der Waals surface area contributed by atoms with Gasteiger partial charge in [0.2, 0.25) is 5.91 Å². The molecule has 0 saturated carbocycles. The van der Waals surface area contributed by atoms with E-state index in [1.807, 2.05) is 56.3 Å². The van der Waals surface area contributed by atoms with Crippen molar-refractivity contribution >= 4 is 16.9 Å². The van der Waals surface area contributed by atoms with Crippen molar-refractivity contribution in [2.75, 3.05) is 20.6 Å². The van der Waals surface area contributed by atoms with Crippen molar-refractivity contribution < 1.29 is 9.21 Å². The van der Waals surface area contributed by atoms with E-state index in [0.29, 0.717) is 29.7 Å². The van der Waals surface area contributed by atoms with Gasteiger partial charge in [0.25, 0.3) is 5.56 Å². The van der Waals surface area contributed by atoms with Crippen LogP contribution in [0.25, 0.3) is 11.0 Å². The number of benzene rings is 1. The van der Waals surface area contributed by atoms with Gasteiger partial charge < -0.3 is 14.7 Å². The molecule has 0 aliphatic carbocycles. The minimum atomic E-state index is -0.251. The van der Waals surface area contributed by atoms with Crippen LogP contribution in [0.4, 0.5) is 0 Å². The first-order valence-corrected chi connectivity index (χ1v) is 8.91. The number of aryl methyl sites for hydroxylation is 2. The molecule has 0 fully saturated rings. The van der Waals surface area contributed by atoms with E-state index in [4.69, 9.17) is 4.42 Å². The number of hydrogen-bond acceptors (Lipinski definition) is 5. The van der Waals surface area contributed by atoms with Gasteiger partial charge in [-0.15, -0.1) is 0 Å². The Kier molecular flexibility index (Phi) is 5.71. The lowest BCUT2D eigenvalue weighted by Gasteiger charge is -2.22. The van der Waals surface area contributed by atoms with Gasteiger partial charge in [-0.05, 0) is 45.3 Å². The summed E-state index contributed by atoms with van der Waals surface area (Å²) in [6.45, 7) is 2.32. The highest BCUT2D eigenvalue weighted by Gasteiger charge is 2.18. The number of H-pyrrole nitrogens is 1. The zero-order valence-corrected chi connectivity index (χ0v) is 15.8. The van der Waals surface area contributed by atoms with Crippen LogP contribution < -0.4 is 10.9 Å². The average Bonchev–Trinajstić information content (AvgIpc) is 3.05. The van der Waals surface area contributed by atoms with Crippen LogP contribution in [0.2, 0.25) is 0 Å². The molecule has 7 nitrogen and oxygen atoms in total. The van der Waals surface area contributed by atoms with E-state index in [1.165, 1.54) is 0 Å². The van der Waals surface area contributed by atoms with E-state index in [1.54, 1.807) is 6.07 Å². The quantitative estimate of drug-likeness (QED) is 0.667. The van der Waals surface area contributed by atoms with Crippen LogP contribution in [0.3, 0.4) is 0 Å². The molecule has 2 N–H and O–H groups in total. The minimum absolute atomic E-state index is 0.0511. The highest BCUT2D eigenvalue weighted by atomic mass is 16.3. The number of aromatic amines is 1. The molecule has 1 atom stereocenters. The third-order valence-electron chi connectivity index (χ3n) is 4.46. The van der Waals surface area contributed by atoms with Crippen molar-refractivity contribution in [3.8, 4) is 0 Å². The molecule has 0 spiro atoms. The molecule has 0 unspecified atom stereocenters. The van der Waals surface area contributed by atoms with Gasteiger partial charge in [0.1, 0.15) is 17.2 Å². The van der Waals surface area contributed by atoms with Crippen LogP contribution in [-0.2, 0) is 11.2 Å². The SMILES string of the molecule is Cc1ccc([C@H](CNC(=O)CCc2nc3ccccc3[nH]c2=O)N(C)C)o1. The number of nitrogens with zero attached hydrogens (tertiary/aromatic N) is 2. The van der Waals surface area contributed by atoms with E-state index in [-0.39, 0.29) is 23.9 Å². The summed E-state index contributed by atoms with van der Waals surface area (Å²) in [6.07, 6.45) is 0.490. The number of fused-ring (bicyclic) bond motifs is 1. The Balaban J connectivity index is 1.59. The van der Waals surface area contributed by atoms with Gasteiger partial charge >= 0.3 is 0 Å². The Labute approximate surface area is 157 Å². The number of carbonyl (C=O) groups excluding carboxylic acids is 1. The maximum Gasteiger partial charge on any atom is 0.270 e. The van der Waals surface area contributed by atoms with Crippen molar-refractivity contribution in [1.82, 2.24) is 20.2 Å². The van der Waals surface area contributed by atoms with Gasteiger partial charge in [-0.1, -0.05) is 12.1 Å². The van der Waals surface area contributed by atoms with Crippen molar-refractivity contribution in [2.24, 2.45) is 0 Å². The topological polar surface area (TPSA) is 91.2 Å². The van der Waals surface area contributed by atoms with E-state index in [0.717, 1.165) is 11.5 Å². The zero-order chi connectivity index (χ0) is 19.4. The van der Waals surface area contributed by atoms with Gasteiger partial charge in [-0.25, -0.2) is 4.98 Å². The Bertz CT molecular complexity index is 990. The molecule has 7 heteroatoms. The summed E-state index contributed by atoms with van der Waals surface area (Å²) in [6, 6.07) is 11.1. The molecule has 3 aromatic rings. The van der Waals surface area contributed by atoms with E-state index in [2.05, 4.69) is 15.3 Å². The fourth-order valence-corrected chi connectivity index (χ4v) is 2.94. The fraction of sp³-hybridized carbons (Fsp3) is 0.350. The van der Waals surface area contributed by atoms with Crippen molar-refractivity contribution in [3.05, 3.63) is 64.0 Å². The van der Waals surface area contributed by atoms with E-state index >= 15 is 0 Å². The van der Waals surface area contributed by atoms with Crippen LogP contribution in [0, 0.1) is 6.92 Å². The Morgan fingerprint density at radius 3 is 2.74 bits per heavy atom. The maximum atomic E-state index is 12.3. The van der Waals surface area contributed by atoms with Crippen LogP contribution >= 0.6 is 0 Å². The first-order valence-electron chi connectivity index (χ1n) is 8.91.